The average molecular weight is 440 g/mol. The van der Waals surface area contributed by atoms with E-state index in [0.29, 0.717) is 35.0 Å². The molecular formula is C23H25N3O4S. The Bertz CT molecular complexity index is 1020. The number of nitrogens with zero attached hydrogens (tertiary/aromatic N) is 1. The van der Waals surface area contributed by atoms with E-state index in [4.69, 9.17) is 11.2 Å². The van der Waals surface area contributed by atoms with E-state index in [1.165, 1.54) is 11.3 Å². The van der Waals surface area contributed by atoms with E-state index in [9.17, 15) is 14.4 Å². The molecule has 3 amide bonds. The van der Waals surface area contributed by atoms with Crippen molar-refractivity contribution in [1.82, 2.24) is 5.32 Å². The van der Waals surface area contributed by atoms with Crippen molar-refractivity contribution >= 4 is 40.4 Å². The largest absolute Gasteiger partial charge is 0.370 e. The Balaban J connectivity index is 1.68. The smallest absolute Gasteiger partial charge is 0.262 e. The van der Waals surface area contributed by atoms with Gasteiger partial charge >= 0.3 is 0 Å². The van der Waals surface area contributed by atoms with Crippen molar-refractivity contribution in [2.24, 2.45) is 0 Å². The van der Waals surface area contributed by atoms with Crippen molar-refractivity contribution in [3.05, 3.63) is 45.6 Å². The molecule has 0 aliphatic carbocycles. The molecule has 2 N–H and O–H groups in total. The second-order valence-corrected chi connectivity index (χ2v) is 8.30. The molecule has 1 aliphatic rings. The summed E-state index contributed by atoms with van der Waals surface area (Å²) in [5, 5.41) is 5.67. The number of aryl methyl sites for hydroxylation is 1. The van der Waals surface area contributed by atoms with Crippen LogP contribution < -0.4 is 15.5 Å². The number of amides is 3. The quantitative estimate of drug-likeness (QED) is 0.650. The molecule has 0 spiro atoms. The van der Waals surface area contributed by atoms with E-state index in [0.717, 1.165) is 17.7 Å². The zero-order valence-corrected chi connectivity index (χ0v) is 18.4. The lowest BCUT2D eigenvalue weighted by atomic mass is 10.1. The van der Waals surface area contributed by atoms with E-state index in [-0.39, 0.29) is 24.3 Å². The third-order valence-electron chi connectivity index (χ3n) is 4.91. The van der Waals surface area contributed by atoms with Gasteiger partial charge in [0.05, 0.1) is 16.4 Å². The van der Waals surface area contributed by atoms with Crippen LogP contribution in [0.3, 0.4) is 0 Å². The third kappa shape index (κ3) is 5.51. The van der Waals surface area contributed by atoms with Crippen molar-refractivity contribution in [3.63, 3.8) is 0 Å². The molecule has 3 rings (SSSR count). The first-order valence-corrected chi connectivity index (χ1v) is 10.9. The molecule has 1 aliphatic heterocycles. The molecule has 0 bridgehead atoms. The molecule has 162 valence electrons. The minimum absolute atomic E-state index is 0.0728. The molecule has 8 heteroatoms. The Morgan fingerprint density at radius 2 is 2.13 bits per heavy atom. The fourth-order valence-electron chi connectivity index (χ4n) is 3.36. The maximum Gasteiger partial charge on any atom is 0.262 e. The summed E-state index contributed by atoms with van der Waals surface area (Å²) in [6.45, 7) is 4.91. The Morgan fingerprint density at radius 1 is 1.32 bits per heavy atom. The number of rotatable bonds is 7. The van der Waals surface area contributed by atoms with Crippen molar-refractivity contribution in [1.29, 1.82) is 0 Å². The number of thiophene rings is 1. The summed E-state index contributed by atoms with van der Waals surface area (Å²) >= 11 is 1.21. The first-order valence-electron chi connectivity index (χ1n) is 10.1. The van der Waals surface area contributed by atoms with E-state index in [2.05, 4.69) is 16.6 Å². The predicted molar refractivity (Wildman–Crippen MR) is 121 cm³/mol. The van der Waals surface area contributed by atoms with Crippen LogP contribution in [-0.2, 0) is 14.3 Å². The second-order valence-electron chi connectivity index (χ2n) is 7.21. The van der Waals surface area contributed by atoms with Crippen LogP contribution in [0.4, 0.5) is 11.4 Å². The van der Waals surface area contributed by atoms with Gasteiger partial charge in [0.15, 0.2) is 0 Å². The highest BCUT2D eigenvalue weighted by Gasteiger charge is 2.24. The summed E-state index contributed by atoms with van der Waals surface area (Å²) in [7, 11) is 0. The Hall–Kier alpha value is -3.15. The third-order valence-corrected chi connectivity index (χ3v) is 5.93. The van der Waals surface area contributed by atoms with Gasteiger partial charge in [0.1, 0.15) is 12.6 Å². The molecule has 1 aromatic carbocycles. The van der Waals surface area contributed by atoms with Crippen molar-refractivity contribution in [3.8, 4) is 12.3 Å². The molecule has 1 aromatic heterocycles. The second kappa shape index (κ2) is 10.2. The fraction of sp³-hybridized carbons (Fsp3) is 0.348. The molecular weight excluding hydrogens is 414 g/mol. The number of carbonyl (C=O) groups is 3. The van der Waals surface area contributed by atoms with Crippen LogP contribution in [0.5, 0.6) is 0 Å². The summed E-state index contributed by atoms with van der Waals surface area (Å²) in [5.74, 6) is 1.80. The molecule has 31 heavy (non-hydrogen) atoms. The SMILES string of the molecule is C#Cc1ccc(C(=O)NC(CCC)C(=O)Nc2ccc(N3CCOCC3=O)c(C)c2)s1. The minimum atomic E-state index is -0.672. The monoisotopic (exact) mass is 439 g/mol. The zero-order chi connectivity index (χ0) is 22.4. The molecule has 0 radical (unpaired) electrons. The number of ether oxygens (including phenoxy) is 1. The summed E-state index contributed by atoms with van der Waals surface area (Å²) in [4.78, 5) is 40.3. The van der Waals surface area contributed by atoms with E-state index in [1.54, 1.807) is 23.1 Å². The van der Waals surface area contributed by atoms with Gasteiger partial charge in [-0.1, -0.05) is 19.3 Å². The van der Waals surface area contributed by atoms with Crippen LogP contribution in [0.15, 0.2) is 30.3 Å². The van der Waals surface area contributed by atoms with Gasteiger partial charge in [-0.2, -0.15) is 0 Å². The highest BCUT2D eigenvalue weighted by Crippen LogP contribution is 2.25. The maximum absolute atomic E-state index is 12.8. The highest BCUT2D eigenvalue weighted by atomic mass is 32.1. The summed E-state index contributed by atoms with van der Waals surface area (Å²) in [6.07, 6.45) is 6.60. The zero-order valence-electron chi connectivity index (χ0n) is 17.6. The fourth-order valence-corrected chi connectivity index (χ4v) is 4.08. The van der Waals surface area contributed by atoms with Gasteiger partial charge in [0, 0.05) is 17.9 Å². The lowest BCUT2D eigenvalue weighted by Gasteiger charge is -2.28. The number of nitrogens with one attached hydrogen (secondary N) is 2. The van der Waals surface area contributed by atoms with E-state index < -0.39 is 6.04 Å². The van der Waals surface area contributed by atoms with Crippen molar-refractivity contribution < 1.29 is 19.1 Å². The van der Waals surface area contributed by atoms with Gasteiger partial charge in [-0.05, 0) is 49.2 Å². The molecule has 7 nitrogen and oxygen atoms in total. The van der Waals surface area contributed by atoms with Gasteiger partial charge in [-0.15, -0.1) is 17.8 Å². The van der Waals surface area contributed by atoms with Crippen LogP contribution in [0.1, 0.15) is 39.9 Å². The normalized spacial score (nSPS) is 14.6. The Labute approximate surface area is 185 Å². The van der Waals surface area contributed by atoms with Crippen LogP contribution in [0.25, 0.3) is 0 Å². The van der Waals surface area contributed by atoms with Gasteiger partial charge in [0.25, 0.3) is 11.8 Å². The maximum atomic E-state index is 12.8. The topological polar surface area (TPSA) is 87.7 Å². The lowest BCUT2D eigenvalue weighted by Crippen LogP contribution is -2.43. The van der Waals surface area contributed by atoms with Crippen molar-refractivity contribution in [2.45, 2.75) is 32.7 Å². The van der Waals surface area contributed by atoms with Gasteiger partial charge < -0.3 is 20.3 Å². The molecule has 2 aromatic rings. The standard InChI is InChI=1S/C23H25N3O4S/c1-4-6-18(25-23(29)20-10-8-17(5-2)31-20)22(28)24-16-7-9-19(15(3)13-16)26-11-12-30-14-21(26)27/h2,7-10,13,18H,4,6,11-12,14H2,1,3H3,(H,24,28)(H,25,29). The molecule has 1 fully saturated rings. The van der Waals surface area contributed by atoms with E-state index >= 15 is 0 Å². The van der Waals surface area contributed by atoms with Crippen LogP contribution in [0.2, 0.25) is 0 Å². The van der Waals surface area contributed by atoms with Gasteiger partial charge in [-0.3, -0.25) is 14.4 Å². The lowest BCUT2D eigenvalue weighted by molar-refractivity contribution is -0.125. The summed E-state index contributed by atoms with van der Waals surface area (Å²) in [5.41, 5.74) is 2.27. The number of benzene rings is 1. The highest BCUT2D eigenvalue weighted by molar-refractivity contribution is 7.14. The molecule has 1 unspecified atom stereocenters. The Kier molecular flexibility index (Phi) is 7.45. The van der Waals surface area contributed by atoms with Crippen molar-refractivity contribution in [2.75, 3.05) is 30.0 Å². The Morgan fingerprint density at radius 3 is 2.77 bits per heavy atom. The summed E-state index contributed by atoms with van der Waals surface area (Å²) in [6, 6.07) is 8.08. The average Bonchev–Trinajstić information content (AvgIpc) is 3.24. The van der Waals surface area contributed by atoms with Gasteiger partial charge in [0.2, 0.25) is 5.91 Å². The number of hydrogen-bond donors (Lipinski definition) is 2. The number of hydrogen-bond acceptors (Lipinski definition) is 5. The number of terminal acetylenes is 1. The first kappa shape index (κ1) is 22.5. The number of morpholine rings is 1. The predicted octanol–water partition coefficient (Wildman–Crippen LogP) is 2.94. The van der Waals surface area contributed by atoms with Gasteiger partial charge in [-0.25, -0.2) is 0 Å². The van der Waals surface area contributed by atoms with Crippen LogP contribution in [-0.4, -0.2) is 43.5 Å². The molecule has 0 saturated carbocycles. The molecule has 1 atom stereocenters. The molecule has 1 saturated heterocycles. The van der Waals surface area contributed by atoms with Crippen LogP contribution >= 0.6 is 11.3 Å². The van der Waals surface area contributed by atoms with E-state index in [1.807, 2.05) is 26.0 Å². The number of anilines is 2. The first-order chi connectivity index (χ1) is 14.9. The minimum Gasteiger partial charge on any atom is -0.370 e. The molecule has 2 heterocycles. The number of carbonyl (C=O) groups excluding carboxylic acids is 3. The summed E-state index contributed by atoms with van der Waals surface area (Å²) < 4.78 is 5.18. The van der Waals surface area contributed by atoms with Crippen LogP contribution in [0, 0.1) is 19.3 Å².